The van der Waals surface area contributed by atoms with E-state index in [2.05, 4.69) is 77.5 Å². The minimum Gasteiger partial charge on any atom is -0.410 e. The monoisotopic (exact) mass is 529 g/mol. The number of rotatable bonds is 7. The molecule has 6 nitrogen and oxygen atoms in total. The second-order valence-electron chi connectivity index (χ2n) is 11.9. The average Bonchev–Trinajstić information content (AvgIpc) is 3.43. The molecule has 5 rings (SSSR count). The van der Waals surface area contributed by atoms with Gasteiger partial charge in [-0.25, -0.2) is 4.79 Å². The smallest absolute Gasteiger partial charge is 0.410 e. The lowest BCUT2D eigenvalue weighted by molar-refractivity contribution is -0.00804. The molecular weight excluding hydrogens is 486 g/mol. The van der Waals surface area contributed by atoms with E-state index in [9.17, 15) is 9.90 Å². The van der Waals surface area contributed by atoms with Crippen LogP contribution in [0.15, 0.2) is 42.5 Å². The van der Waals surface area contributed by atoms with E-state index >= 15 is 0 Å². The SMILES string of the molecule is CC#C[C@@]1(O)CC[C@]2(Cc3cccc(N(C)C)c3)c3ccc(OC(=O)NCCN4CCCC4)cc3CC[C@H]2C1. The number of carbonyl (C=O) groups is 1. The molecule has 1 saturated heterocycles. The fourth-order valence-corrected chi connectivity index (χ4v) is 7.18. The first-order valence-electron chi connectivity index (χ1n) is 14.5. The normalized spacial score (nSPS) is 26.1. The summed E-state index contributed by atoms with van der Waals surface area (Å²) in [6, 6.07) is 15.0. The number of amides is 1. The largest absolute Gasteiger partial charge is 0.412 e. The summed E-state index contributed by atoms with van der Waals surface area (Å²) in [5.74, 6) is 7.01. The van der Waals surface area contributed by atoms with Gasteiger partial charge in [-0.15, -0.1) is 5.92 Å². The van der Waals surface area contributed by atoms with Gasteiger partial charge in [0.2, 0.25) is 0 Å². The Morgan fingerprint density at radius 3 is 2.77 bits per heavy atom. The summed E-state index contributed by atoms with van der Waals surface area (Å²) in [5, 5.41) is 14.2. The summed E-state index contributed by atoms with van der Waals surface area (Å²) in [7, 11) is 4.15. The summed E-state index contributed by atoms with van der Waals surface area (Å²) >= 11 is 0. The number of nitrogens with zero attached hydrogens (tertiary/aromatic N) is 2. The van der Waals surface area contributed by atoms with E-state index in [0.29, 0.717) is 31.1 Å². The Kier molecular flexibility index (Phi) is 8.21. The van der Waals surface area contributed by atoms with Crippen molar-refractivity contribution in [1.29, 1.82) is 0 Å². The third-order valence-corrected chi connectivity index (χ3v) is 9.14. The second-order valence-corrected chi connectivity index (χ2v) is 11.9. The highest BCUT2D eigenvalue weighted by molar-refractivity contribution is 5.70. The predicted octanol–water partition coefficient (Wildman–Crippen LogP) is 4.92. The minimum absolute atomic E-state index is 0.0866. The fourth-order valence-electron chi connectivity index (χ4n) is 7.18. The molecule has 3 atom stereocenters. The zero-order chi connectivity index (χ0) is 27.5. The average molecular weight is 530 g/mol. The van der Waals surface area contributed by atoms with Crippen LogP contribution in [-0.2, 0) is 18.3 Å². The first-order chi connectivity index (χ1) is 18.8. The highest BCUT2D eigenvalue weighted by atomic mass is 16.6. The second kappa shape index (κ2) is 11.6. The molecule has 2 fully saturated rings. The van der Waals surface area contributed by atoms with Crippen molar-refractivity contribution in [2.75, 3.05) is 45.2 Å². The molecule has 0 radical (unpaired) electrons. The van der Waals surface area contributed by atoms with E-state index in [4.69, 9.17) is 4.74 Å². The molecule has 0 bridgehead atoms. The summed E-state index contributed by atoms with van der Waals surface area (Å²) in [5.41, 5.74) is 4.09. The standard InChI is InChI=1S/C33H43N3O3/c1-4-14-32(38)15-16-33(23-25-8-7-9-28(21-25)35(2)3)27(24-32)11-10-26-22-29(12-13-30(26)33)39-31(37)34-17-20-36-18-5-6-19-36/h7-9,12-13,21-22,27,38H,5-6,10-11,15-20,23-24H2,1-3H3,(H,34,37)/t27-,32+,33+/m0/s1. The number of hydrogen-bond donors (Lipinski definition) is 2. The number of aliphatic hydroxyl groups is 1. The van der Waals surface area contributed by atoms with Crippen molar-refractivity contribution in [1.82, 2.24) is 10.2 Å². The van der Waals surface area contributed by atoms with Crippen LogP contribution in [0.2, 0.25) is 0 Å². The molecule has 1 aliphatic heterocycles. The number of ether oxygens (including phenoxy) is 1. The highest BCUT2D eigenvalue weighted by Crippen LogP contribution is 2.54. The molecule has 3 aliphatic rings. The Morgan fingerprint density at radius 1 is 1.18 bits per heavy atom. The molecule has 1 amide bonds. The van der Waals surface area contributed by atoms with Crippen LogP contribution >= 0.6 is 0 Å². The van der Waals surface area contributed by atoms with Crippen molar-refractivity contribution in [2.24, 2.45) is 5.92 Å². The van der Waals surface area contributed by atoms with Crippen LogP contribution in [0.25, 0.3) is 0 Å². The number of aryl methyl sites for hydroxylation is 1. The lowest BCUT2D eigenvalue weighted by atomic mass is 9.52. The van der Waals surface area contributed by atoms with Crippen LogP contribution in [0.4, 0.5) is 10.5 Å². The first-order valence-corrected chi connectivity index (χ1v) is 14.5. The number of anilines is 1. The summed E-state index contributed by atoms with van der Waals surface area (Å²) in [6.07, 6.45) is 7.13. The van der Waals surface area contributed by atoms with Gasteiger partial charge in [-0.2, -0.15) is 0 Å². The van der Waals surface area contributed by atoms with E-state index in [-0.39, 0.29) is 11.5 Å². The summed E-state index contributed by atoms with van der Waals surface area (Å²) in [4.78, 5) is 17.0. The number of likely N-dealkylation sites (tertiary alicyclic amines) is 1. The fraction of sp³-hybridized carbons (Fsp3) is 0.545. The van der Waals surface area contributed by atoms with Crippen molar-refractivity contribution in [3.63, 3.8) is 0 Å². The van der Waals surface area contributed by atoms with Crippen molar-refractivity contribution in [3.8, 4) is 17.6 Å². The van der Waals surface area contributed by atoms with Gasteiger partial charge in [0, 0.05) is 38.3 Å². The molecule has 6 heteroatoms. The molecule has 2 aromatic rings. The number of hydrogen-bond acceptors (Lipinski definition) is 5. The van der Waals surface area contributed by atoms with Gasteiger partial charge >= 0.3 is 6.09 Å². The zero-order valence-corrected chi connectivity index (χ0v) is 23.8. The van der Waals surface area contributed by atoms with Crippen molar-refractivity contribution >= 4 is 11.8 Å². The molecular formula is C33H43N3O3. The maximum atomic E-state index is 12.5. The van der Waals surface area contributed by atoms with Crippen LogP contribution in [0.5, 0.6) is 5.75 Å². The lowest BCUT2D eigenvalue weighted by Crippen LogP contribution is -2.50. The highest BCUT2D eigenvalue weighted by Gasteiger charge is 2.51. The first kappa shape index (κ1) is 27.6. The van der Waals surface area contributed by atoms with Gasteiger partial charge in [-0.05, 0) is 118 Å². The van der Waals surface area contributed by atoms with E-state index < -0.39 is 5.60 Å². The third kappa shape index (κ3) is 6.10. The molecule has 39 heavy (non-hydrogen) atoms. The molecule has 1 saturated carbocycles. The molecule has 2 N–H and O–H groups in total. The van der Waals surface area contributed by atoms with E-state index in [1.54, 1.807) is 0 Å². The molecule has 2 aromatic carbocycles. The summed E-state index contributed by atoms with van der Waals surface area (Å²) in [6.45, 7) is 5.52. The van der Waals surface area contributed by atoms with Crippen molar-refractivity contribution in [3.05, 3.63) is 59.2 Å². The molecule has 2 aliphatic carbocycles. The summed E-state index contributed by atoms with van der Waals surface area (Å²) < 4.78 is 5.71. The Bertz CT molecular complexity index is 1240. The van der Waals surface area contributed by atoms with Crippen LogP contribution in [0.1, 0.15) is 62.1 Å². The van der Waals surface area contributed by atoms with E-state index in [1.807, 2.05) is 13.0 Å². The Balaban J connectivity index is 1.37. The van der Waals surface area contributed by atoms with Gasteiger partial charge in [0.1, 0.15) is 11.4 Å². The predicted molar refractivity (Wildman–Crippen MR) is 156 cm³/mol. The number of nitrogens with one attached hydrogen (secondary N) is 1. The topological polar surface area (TPSA) is 65.0 Å². The van der Waals surface area contributed by atoms with Gasteiger partial charge in [-0.1, -0.05) is 24.1 Å². The van der Waals surface area contributed by atoms with Crippen LogP contribution in [0.3, 0.4) is 0 Å². The molecule has 0 unspecified atom stereocenters. The minimum atomic E-state index is -0.915. The lowest BCUT2D eigenvalue weighted by Gasteiger charge is -2.52. The van der Waals surface area contributed by atoms with Gasteiger partial charge in [-0.3, -0.25) is 0 Å². The molecule has 0 spiro atoms. The maximum absolute atomic E-state index is 12.5. The van der Waals surface area contributed by atoms with Crippen LogP contribution in [-0.4, -0.2) is 62.0 Å². The number of carbonyl (C=O) groups excluding carboxylic acids is 1. The van der Waals surface area contributed by atoms with Gasteiger partial charge < -0.3 is 25.0 Å². The number of fused-ring (bicyclic) bond motifs is 3. The molecule has 208 valence electrons. The van der Waals surface area contributed by atoms with Crippen molar-refractivity contribution < 1.29 is 14.6 Å². The Labute approximate surface area is 233 Å². The van der Waals surface area contributed by atoms with Gasteiger partial charge in [0.15, 0.2) is 0 Å². The van der Waals surface area contributed by atoms with Gasteiger partial charge in [0.05, 0.1) is 0 Å². The van der Waals surface area contributed by atoms with E-state index in [1.165, 1.54) is 35.2 Å². The number of benzene rings is 2. The molecule has 0 aromatic heterocycles. The van der Waals surface area contributed by atoms with Crippen molar-refractivity contribution in [2.45, 2.75) is 69.3 Å². The van der Waals surface area contributed by atoms with Crippen LogP contribution in [0, 0.1) is 17.8 Å². The third-order valence-electron chi connectivity index (χ3n) is 9.14. The molecule has 1 heterocycles. The van der Waals surface area contributed by atoms with E-state index in [0.717, 1.165) is 45.3 Å². The maximum Gasteiger partial charge on any atom is 0.412 e. The quantitative estimate of drug-likeness (QED) is 0.499. The zero-order valence-electron chi connectivity index (χ0n) is 23.8. The Morgan fingerprint density at radius 2 is 2.00 bits per heavy atom. The van der Waals surface area contributed by atoms with Gasteiger partial charge in [0.25, 0.3) is 0 Å². The Hall–Kier alpha value is -3.01. The van der Waals surface area contributed by atoms with Crippen LogP contribution < -0.4 is 15.0 Å².